The lowest BCUT2D eigenvalue weighted by Gasteiger charge is -2.03. The molecule has 0 bridgehead atoms. The summed E-state index contributed by atoms with van der Waals surface area (Å²) in [4.78, 5) is 0. The van der Waals surface area contributed by atoms with Crippen molar-refractivity contribution >= 4 is 19.9 Å². The van der Waals surface area contributed by atoms with Crippen molar-refractivity contribution < 1.29 is 16.8 Å². The Morgan fingerprint density at radius 3 is 2.33 bits per heavy atom. The largest absolute Gasteiger partial charge is 0.229 e. The third-order valence-electron chi connectivity index (χ3n) is 1.79. The zero-order chi connectivity index (χ0) is 9.41. The molecule has 0 spiro atoms. The number of nitrogens with two attached hydrogens (primary N) is 1. The average Bonchev–Trinajstić information content (AvgIpc) is 2.05. The van der Waals surface area contributed by atoms with Crippen LogP contribution < -0.4 is 5.14 Å². The number of sulfone groups is 1. The lowest BCUT2D eigenvalue weighted by Crippen LogP contribution is -2.23. The van der Waals surface area contributed by atoms with Gasteiger partial charge in [-0.1, -0.05) is 0 Å². The van der Waals surface area contributed by atoms with Crippen molar-refractivity contribution in [3.05, 3.63) is 0 Å². The molecule has 1 unspecified atom stereocenters. The topological polar surface area (TPSA) is 94.3 Å². The van der Waals surface area contributed by atoms with E-state index in [4.69, 9.17) is 5.14 Å². The van der Waals surface area contributed by atoms with E-state index in [0.29, 0.717) is 6.42 Å². The molecule has 1 aliphatic rings. The molecule has 1 fully saturated rings. The van der Waals surface area contributed by atoms with Gasteiger partial charge < -0.3 is 0 Å². The minimum Gasteiger partial charge on any atom is -0.229 e. The fourth-order valence-electron chi connectivity index (χ4n) is 1.33. The zero-order valence-corrected chi connectivity index (χ0v) is 8.07. The fourth-order valence-corrected chi connectivity index (χ4v) is 4.28. The van der Waals surface area contributed by atoms with Gasteiger partial charge in [0.25, 0.3) is 0 Å². The Labute approximate surface area is 71.9 Å². The van der Waals surface area contributed by atoms with Crippen molar-refractivity contribution in [3.8, 4) is 0 Å². The first-order valence-electron chi connectivity index (χ1n) is 3.49. The predicted molar refractivity (Wildman–Crippen MR) is 44.7 cm³/mol. The summed E-state index contributed by atoms with van der Waals surface area (Å²) >= 11 is 0. The number of rotatable bonds is 2. The van der Waals surface area contributed by atoms with Gasteiger partial charge in [-0.3, -0.25) is 0 Å². The molecule has 0 aromatic carbocycles. The van der Waals surface area contributed by atoms with Crippen LogP contribution in [0.25, 0.3) is 0 Å². The normalized spacial score (nSPS) is 28.9. The number of hydrogen-bond acceptors (Lipinski definition) is 4. The van der Waals surface area contributed by atoms with Gasteiger partial charge in [0.2, 0.25) is 10.0 Å². The SMILES string of the molecule is NS(=O)(=O)CC1CCS(=O)(=O)C1. The van der Waals surface area contributed by atoms with E-state index in [1.54, 1.807) is 0 Å². The Morgan fingerprint density at radius 1 is 1.42 bits per heavy atom. The van der Waals surface area contributed by atoms with E-state index in [1.807, 2.05) is 0 Å². The average molecular weight is 213 g/mol. The molecule has 72 valence electrons. The smallest absolute Gasteiger partial charge is 0.209 e. The summed E-state index contributed by atoms with van der Waals surface area (Å²) in [6, 6.07) is 0. The molecule has 5 nitrogen and oxygen atoms in total. The van der Waals surface area contributed by atoms with E-state index in [9.17, 15) is 16.8 Å². The number of sulfonamides is 1. The molecule has 0 amide bonds. The van der Waals surface area contributed by atoms with Crippen molar-refractivity contribution in [3.63, 3.8) is 0 Å². The van der Waals surface area contributed by atoms with Crippen LogP contribution in [0.1, 0.15) is 6.42 Å². The summed E-state index contributed by atoms with van der Waals surface area (Å²) in [6.45, 7) is 0. The Balaban J connectivity index is 2.61. The van der Waals surface area contributed by atoms with Gasteiger partial charge in [0.1, 0.15) is 0 Å². The first-order valence-corrected chi connectivity index (χ1v) is 7.03. The third-order valence-corrected chi connectivity index (χ3v) is 4.57. The van der Waals surface area contributed by atoms with E-state index in [-0.39, 0.29) is 23.2 Å². The second-order valence-corrected chi connectivity index (χ2v) is 6.99. The first-order chi connectivity index (χ1) is 5.29. The predicted octanol–water partition coefficient (Wildman–Crippen LogP) is -1.29. The molecular formula is C5H11NO4S2. The Bertz CT molecular complexity index is 355. The number of primary sulfonamides is 1. The van der Waals surface area contributed by atoms with Gasteiger partial charge >= 0.3 is 0 Å². The summed E-state index contributed by atoms with van der Waals surface area (Å²) in [5.41, 5.74) is 0. The maximum absolute atomic E-state index is 10.9. The highest BCUT2D eigenvalue weighted by molar-refractivity contribution is 7.92. The van der Waals surface area contributed by atoms with Gasteiger partial charge in [0.15, 0.2) is 9.84 Å². The lowest BCUT2D eigenvalue weighted by atomic mass is 10.2. The van der Waals surface area contributed by atoms with Gasteiger partial charge in [-0.2, -0.15) is 0 Å². The minimum atomic E-state index is -3.52. The molecule has 1 heterocycles. The molecule has 1 atom stereocenters. The highest BCUT2D eigenvalue weighted by Gasteiger charge is 2.30. The van der Waals surface area contributed by atoms with Crippen molar-refractivity contribution in [2.45, 2.75) is 6.42 Å². The summed E-state index contributed by atoms with van der Waals surface area (Å²) < 4.78 is 42.9. The second-order valence-electron chi connectivity index (χ2n) is 3.10. The van der Waals surface area contributed by atoms with Crippen LogP contribution in [0.5, 0.6) is 0 Å². The highest BCUT2D eigenvalue weighted by atomic mass is 32.2. The van der Waals surface area contributed by atoms with Crippen LogP contribution in [-0.2, 0) is 19.9 Å². The van der Waals surface area contributed by atoms with Crippen molar-refractivity contribution in [2.75, 3.05) is 17.3 Å². The first kappa shape index (κ1) is 9.94. The van der Waals surface area contributed by atoms with E-state index in [0.717, 1.165) is 0 Å². The van der Waals surface area contributed by atoms with E-state index in [2.05, 4.69) is 0 Å². The highest BCUT2D eigenvalue weighted by Crippen LogP contribution is 2.18. The lowest BCUT2D eigenvalue weighted by molar-refractivity contribution is 0.574. The summed E-state index contributed by atoms with van der Waals surface area (Å²) in [5, 5.41) is 4.78. The Morgan fingerprint density at radius 2 is 2.00 bits per heavy atom. The van der Waals surface area contributed by atoms with Crippen molar-refractivity contribution in [1.29, 1.82) is 0 Å². The maximum Gasteiger partial charge on any atom is 0.209 e. The van der Waals surface area contributed by atoms with Gasteiger partial charge in [0.05, 0.1) is 17.3 Å². The molecule has 7 heteroatoms. The summed E-state index contributed by atoms with van der Waals surface area (Å²) in [7, 11) is -6.51. The van der Waals surface area contributed by atoms with Gasteiger partial charge in [-0.15, -0.1) is 0 Å². The maximum atomic E-state index is 10.9. The van der Waals surface area contributed by atoms with Crippen LogP contribution in [0.4, 0.5) is 0 Å². The van der Waals surface area contributed by atoms with Crippen LogP contribution in [0.15, 0.2) is 0 Å². The molecule has 1 saturated heterocycles. The minimum absolute atomic E-state index is 0.0383. The molecule has 1 rings (SSSR count). The standard InChI is InChI=1S/C5H11NO4S2/c6-12(9,10)4-5-1-2-11(7,8)3-5/h5H,1-4H2,(H2,6,9,10). The third kappa shape index (κ3) is 3.08. The summed E-state index contributed by atoms with van der Waals surface area (Å²) in [5.74, 6) is -0.465. The molecule has 0 aliphatic carbocycles. The van der Waals surface area contributed by atoms with E-state index < -0.39 is 19.9 Å². The second kappa shape index (κ2) is 2.97. The summed E-state index contributed by atoms with van der Waals surface area (Å²) in [6.07, 6.45) is 0.415. The molecule has 12 heavy (non-hydrogen) atoms. The van der Waals surface area contributed by atoms with E-state index >= 15 is 0 Å². The molecule has 0 aromatic rings. The van der Waals surface area contributed by atoms with Crippen molar-refractivity contribution in [1.82, 2.24) is 0 Å². The molecule has 2 N–H and O–H groups in total. The van der Waals surface area contributed by atoms with Crippen molar-refractivity contribution in [2.24, 2.45) is 11.1 Å². The Kier molecular flexibility index (Phi) is 2.46. The Hall–Kier alpha value is -0.140. The van der Waals surface area contributed by atoms with Crippen LogP contribution in [-0.4, -0.2) is 34.1 Å². The molecule has 0 aromatic heterocycles. The van der Waals surface area contributed by atoms with Crippen LogP contribution >= 0.6 is 0 Å². The van der Waals surface area contributed by atoms with Crippen LogP contribution in [0.2, 0.25) is 0 Å². The van der Waals surface area contributed by atoms with E-state index in [1.165, 1.54) is 0 Å². The molecular weight excluding hydrogens is 202 g/mol. The van der Waals surface area contributed by atoms with Crippen LogP contribution in [0.3, 0.4) is 0 Å². The number of hydrogen-bond donors (Lipinski definition) is 1. The quantitative estimate of drug-likeness (QED) is 0.617. The van der Waals surface area contributed by atoms with Gasteiger partial charge in [0, 0.05) is 0 Å². The zero-order valence-electron chi connectivity index (χ0n) is 6.43. The van der Waals surface area contributed by atoms with Gasteiger partial charge in [-0.05, 0) is 12.3 Å². The monoisotopic (exact) mass is 213 g/mol. The van der Waals surface area contributed by atoms with Gasteiger partial charge in [-0.25, -0.2) is 22.0 Å². The molecule has 1 aliphatic heterocycles. The fraction of sp³-hybridized carbons (Fsp3) is 1.00. The molecule has 0 saturated carbocycles. The molecule has 0 radical (unpaired) electrons. The van der Waals surface area contributed by atoms with Crippen LogP contribution in [0, 0.1) is 5.92 Å².